The zero-order chi connectivity index (χ0) is 23.4. The highest BCUT2D eigenvalue weighted by molar-refractivity contribution is 7.98. The normalized spacial score (nSPS) is 10.8. The molecule has 2 aromatic heterocycles. The van der Waals surface area contributed by atoms with Gasteiger partial charge < -0.3 is 19.7 Å². The van der Waals surface area contributed by atoms with Gasteiger partial charge in [0.1, 0.15) is 5.75 Å². The van der Waals surface area contributed by atoms with Crippen molar-refractivity contribution in [1.82, 2.24) is 14.9 Å². The predicted octanol–water partition coefficient (Wildman–Crippen LogP) is 5.56. The van der Waals surface area contributed by atoms with Crippen molar-refractivity contribution in [3.05, 3.63) is 77.7 Å². The first-order valence-corrected chi connectivity index (χ1v) is 11.8. The first-order valence-electron chi connectivity index (χ1n) is 10.8. The third-order valence-corrected chi connectivity index (χ3v) is 6.63. The van der Waals surface area contributed by atoms with Crippen molar-refractivity contribution < 1.29 is 14.6 Å². The summed E-state index contributed by atoms with van der Waals surface area (Å²) in [5, 5.41) is 15.1. The molecule has 0 saturated heterocycles. The summed E-state index contributed by atoms with van der Waals surface area (Å²) >= 11 is 1.66. The maximum absolute atomic E-state index is 13.2. The van der Waals surface area contributed by atoms with Crippen LogP contribution in [0.15, 0.2) is 65.8 Å². The zero-order valence-electron chi connectivity index (χ0n) is 19.4. The quantitative estimate of drug-likeness (QED) is 0.245. The van der Waals surface area contributed by atoms with E-state index in [1.165, 1.54) is 0 Å². The fraction of sp³-hybridized carbons (Fsp3) is 0.231. The Hall–Kier alpha value is -3.00. The average molecular weight is 498 g/mol. The number of hydrogen-bond donors (Lipinski definition) is 2. The van der Waals surface area contributed by atoms with Crippen LogP contribution in [0.3, 0.4) is 0 Å². The third-order valence-electron chi connectivity index (χ3n) is 5.61. The van der Waals surface area contributed by atoms with Crippen LogP contribution in [0.5, 0.6) is 5.75 Å². The topological polar surface area (TPSA) is 76.4 Å². The van der Waals surface area contributed by atoms with Crippen LogP contribution in [0.2, 0.25) is 0 Å². The lowest BCUT2D eigenvalue weighted by molar-refractivity contribution is 0.0527. The molecule has 0 aliphatic rings. The molecule has 0 spiro atoms. The van der Waals surface area contributed by atoms with Gasteiger partial charge in [-0.15, -0.1) is 24.2 Å². The van der Waals surface area contributed by atoms with Crippen molar-refractivity contribution in [3.63, 3.8) is 0 Å². The number of carbonyl (C=O) groups is 1. The van der Waals surface area contributed by atoms with Gasteiger partial charge in [0.2, 0.25) is 0 Å². The molecule has 0 unspecified atom stereocenters. The molecule has 178 valence electrons. The molecule has 0 saturated carbocycles. The lowest BCUT2D eigenvalue weighted by atomic mass is 9.97. The van der Waals surface area contributed by atoms with E-state index in [1.54, 1.807) is 31.1 Å². The zero-order valence-corrected chi connectivity index (χ0v) is 21.0. The van der Waals surface area contributed by atoms with Crippen molar-refractivity contribution in [2.75, 3.05) is 13.7 Å². The van der Waals surface area contributed by atoms with Crippen molar-refractivity contribution in [1.29, 1.82) is 0 Å². The molecule has 4 aromatic rings. The number of hydrogen-bond acceptors (Lipinski definition) is 6. The minimum absolute atomic E-state index is 0. The maximum atomic E-state index is 13.2. The molecular weight excluding hydrogens is 470 g/mol. The van der Waals surface area contributed by atoms with Gasteiger partial charge in [-0.2, -0.15) is 0 Å². The van der Waals surface area contributed by atoms with Crippen LogP contribution in [0, 0.1) is 0 Å². The third kappa shape index (κ3) is 4.92. The molecule has 2 aromatic carbocycles. The number of carbonyl (C=O) groups excluding carboxylic acids is 1. The first-order chi connectivity index (χ1) is 16.1. The Labute approximate surface area is 209 Å². The molecule has 4 rings (SSSR count). The number of nitrogens with one attached hydrogen (secondary N) is 1. The number of phenols is 1. The Bertz CT molecular complexity index is 1280. The smallest absolute Gasteiger partial charge is 0.340 e. The number of aromatic nitrogens is 2. The number of phenolic OH excluding ortho intramolecular Hbond substituents is 1. The fourth-order valence-electron chi connectivity index (χ4n) is 4.07. The molecule has 0 bridgehead atoms. The number of ether oxygens (including phenoxy) is 1. The monoisotopic (exact) mass is 497 g/mol. The van der Waals surface area contributed by atoms with Crippen LogP contribution >= 0.6 is 24.2 Å². The summed E-state index contributed by atoms with van der Waals surface area (Å²) in [4.78, 5) is 18.5. The van der Waals surface area contributed by atoms with Crippen molar-refractivity contribution in [3.8, 4) is 16.9 Å². The van der Waals surface area contributed by atoms with E-state index in [0.29, 0.717) is 29.0 Å². The second-order valence-electron chi connectivity index (χ2n) is 7.62. The van der Waals surface area contributed by atoms with Crippen LogP contribution in [0.1, 0.15) is 28.5 Å². The largest absolute Gasteiger partial charge is 0.507 e. The van der Waals surface area contributed by atoms with E-state index in [-0.39, 0.29) is 30.7 Å². The molecule has 2 heterocycles. The molecule has 0 atom stereocenters. The summed E-state index contributed by atoms with van der Waals surface area (Å²) in [5.74, 6) is 0.353. The molecule has 0 fully saturated rings. The molecule has 0 aliphatic heterocycles. The molecule has 2 N–H and O–H groups in total. The number of thioether (sulfide) groups is 1. The van der Waals surface area contributed by atoms with Gasteiger partial charge in [0, 0.05) is 64.4 Å². The second-order valence-corrected chi connectivity index (χ2v) is 8.67. The predicted molar refractivity (Wildman–Crippen MR) is 140 cm³/mol. The summed E-state index contributed by atoms with van der Waals surface area (Å²) in [5.41, 5.74) is 4.40. The Morgan fingerprint density at radius 1 is 1.21 bits per heavy atom. The van der Waals surface area contributed by atoms with Crippen LogP contribution in [-0.4, -0.2) is 34.3 Å². The van der Waals surface area contributed by atoms with E-state index in [0.717, 1.165) is 27.1 Å². The number of aromatic hydroxyl groups is 1. The van der Waals surface area contributed by atoms with E-state index < -0.39 is 0 Å². The summed E-state index contributed by atoms with van der Waals surface area (Å²) in [7, 11) is 3.78. The number of nitrogens with zero attached hydrogens (tertiary/aromatic N) is 2. The molecular formula is C26H28ClN3O3S. The first kappa shape index (κ1) is 25.6. The lowest BCUT2D eigenvalue weighted by Gasteiger charge is -2.13. The van der Waals surface area contributed by atoms with Gasteiger partial charge in [0.05, 0.1) is 17.7 Å². The van der Waals surface area contributed by atoms with Crippen molar-refractivity contribution in [2.45, 2.75) is 24.1 Å². The average Bonchev–Trinajstić information content (AvgIpc) is 3.12. The lowest BCUT2D eigenvalue weighted by Crippen LogP contribution is -2.10. The van der Waals surface area contributed by atoms with Gasteiger partial charge in [-0.25, -0.2) is 4.79 Å². The van der Waals surface area contributed by atoms with E-state index >= 15 is 0 Å². The molecule has 0 aliphatic carbocycles. The number of aryl methyl sites for hydroxylation is 1. The van der Waals surface area contributed by atoms with E-state index in [4.69, 9.17) is 4.74 Å². The Morgan fingerprint density at radius 3 is 2.62 bits per heavy atom. The van der Waals surface area contributed by atoms with Gasteiger partial charge >= 0.3 is 5.97 Å². The van der Waals surface area contributed by atoms with Crippen molar-refractivity contribution in [2.24, 2.45) is 7.05 Å². The van der Waals surface area contributed by atoms with Gasteiger partial charge in [-0.3, -0.25) is 4.98 Å². The minimum Gasteiger partial charge on any atom is -0.507 e. The number of halogens is 1. The Morgan fingerprint density at radius 2 is 1.97 bits per heavy atom. The summed E-state index contributed by atoms with van der Waals surface area (Å²) in [6, 6.07) is 15.8. The van der Waals surface area contributed by atoms with Gasteiger partial charge in [0.15, 0.2) is 0 Å². The standard InChI is InChI=1S/C26H27N3O3S.ClH/c1-4-32-26(31)24-22(16-33-18-10-6-5-7-11-18)29(3)21-13-19(17-9-8-12-28-14-17)25(30)20(15-27-2)23(21)24;/h5-14,27,30H,4,15-16H2,1-3H3;1H. The molecule has 0 amide bonds. The van der Waals surface area contributed by atoms with Gasteiger partial charge in [-0.1, -0.05) is 24.3 Å². The van der Waals surface area contributed by atoms with Crippen molar-refractivity contribution >= 4 is 41.0 Å². The number of rotatable bonds is 8. The van der Waals surface area contributed by atoms with E-state index in [2.05, 4.69) is 22.4 Å². The second kappa shape index (κ2) is 11.4. The number of esters is 1. The highest BCUT2D eigenvalue weighted by Gasteiger charge is 2.27. The van der Waals surface area contributed by atoms with E-state index in [1.807, 2.05) is 55.1 Å². The summed E-state index contributed by atoms with van der Waals surface area (Å²) in [6.45, 7) is 2.48. The van der Waals surface area contributed by atoms with Crippen LogP contribution in [0.25, 0.3) is 22.0 Å². The number of fused-ring (bicyclic) bond motifs is 1. The summed E-state index contributed by atoms with van der Waals surface area (Å²) in [6.07, 6.45) is 3.43. The van der Waals surface area contributed by atoms with E-state index in [9.17, 15) is 9.90 Å². The highest BCUT2D eigenvalue weighted by Crippen LogP contribution is 2.42. The number of benzene rings is 2. The fourth-order valence-corrected chi connectivity index (χ4v) is 5.06. The minimum atomic E-state index is -0.377. The van der Waals surface area contributed by atoms with Crippen LogP contribution in [0.4, 0.5) is 0 Å². The Balaban J connectivity index is 0.00000324. The molecule has 34 heavy (non-hydrogen) atoms. The van der Waals surface area contributed by atoms with Gasteiger partial charge in [-0.05, 0) is 38.2 Å². The SMILES string of the molecule is CCOC(=O)c1c(CSc2ccccc2)n(C)c2cc(-c3cccnc3)c(O)c(CNC)c12.Cl. The molecule has 0 radical (unpaired) electrons. The summed E-state index contributed by atoms with van der Waals surface area (Å²) < 4.78 is 7.49. The highest BCUT2D eigenvalue weighted by atomic mass is 35.5. The molecule has 6 nitrogen and oxygen atoms in total. The number of pyridine rings is 1. The van der Waals surface area contributed by atoms with Gasteiger partial charge in [0.25, 0.3) is 0 Å². The maximum Gasteiger partial charge on any atom is 0.340 e. The Kier molecular flexibility index (Phi) is 8.61. The molecule has 8 heteroatoms. The van der Waals surface area contributed by atoms with Crippen LogP contribution in [-0.2, 0) is 24.1 Å². The van der Waals surface area contributed by atoms with Crippen LogP contribution < -0.4 is 5.32 Å².